The first-order valence-corrected chi connectivity index (χ1v) is 12.5. The van der Waals surface area contributed by atoms with Crippen molar-refractivity contribution in [3.05, 3.63) is 89.0 Å². The minimum atomic E-state index is -3.85. The number of ether oxygens (including phenoxy) is 1. The molecule has 0 amide bonds. The summed E-state index contributed by atoms with van der Waals surface area (Å²) >= 11 is 1.03. The highest BCUT2D eigenvalue weighted by molar-refractivity contribution is 8.20. The molecule has 0 bridgehead atoms. The lowest BCUT2D eigenvalue weighted by Gasteiger charge is -2.19. The molecule has 0 spiro atoms. The second kappa shape index (κ2) is 9.21. The molecule has 0 aliphatic heterocycles. The third-order valence-corrected chi connectivity index (χ3v) is 8.16. The lowest BCUT2D eigenvalue weighted by molar-refractivity contribution is 0.421. The van der Waals surface area contributed by atoms with Crippen LogP contribution in [0.5, 0.6) is 11.5 Å². The summed E-state index contributed by atoms with van der Waals surface area (Å²) in [6, 6.07) is 20.3. The van der Waals surface area contributed by atoms with Gasteiger partial charge in [0.1, 0.15) is 15.7 Å². The number of methoxy groups -OCH3 is 1. The highest BCUT2D eigenvalue weighted by atomic mass is 32.3. The lowest BCUT2D eigenvalue weighted by Crippen LogP contribution is -2.13. The van der Waals surface area contributed by atoms with E-state index < -0.39 is 10.0 Å². The number of anilines is 1. The molecule has 4 aromatic carbocycles. The van der Waals surface area contributed by atoms with Crippen LogP contribution in [0.25, 0.3) is 32.7 Å². The van der Waals surface area contributed by atoms with Crippen molar-refractivity contribution in [2.24, 2.45) is 0 Å². The predicted octanol–water partition coefficient (Wildman–Crippen LogP) is 6.85. The molecule has 0 heterocycles. The van der Waals surface area contributed by atoms with Gasteiger partial charge in [-0.15, -0.1) is 0 Å². The van der Waals surface area contributed by atoms with Gasteiger partial charge in [0.2, 0.25) is 0 Å². The Balaban J connectivity index is 2.05. The Morgan fingerprint density at radius 1 is 1.03 bits per heavy atom. The van der Waals surface area contributed by atoms with E-state index in [1.54, 1.807) is 26.2 Å². The first-order valence-electron chi connectivity index (χ1n) is 10.2. The van der Waals surface area contributed by atoms with Crippen LogP contribution in [0.15, 0.2) is 89.0 Å². The average molecular weight is 478 g/mol. The fourth-order valence-corrected chi connectivity index (χ4v) is 5.95. The number of fused-ring (bicyclic) bond motifs is 2. The van der Waals surface area contributed by atoms with E-state index in [9.17, 15) is 13.5 Å². The van der Waals surface area contributed by atoms with Crippen molar-refractivity contribution in [2.45, 2.75) is 6.92 Å². The van der Waals surface area contributed by atoms with Gasteiger partial charge in [-0.1, -0.05) is 79.0 Å². The molecule has 7 heteroatoms. The Morgan fingerprint density at radius 2 is 1.70 bits per heavy atom. The summed E-state index contributed by atoms with van der Waals surface area (Å²) in [5, 5.41) is 15.5. The minimum Gasteiger partial charge on any atom is -0.507 e. The van der Waals surface area contributed by atoms with E-state index in [0.29, 0.717) is 28.0 Å². The molecule has 0 saturated carbocycles. The van der Waals surface area contributed by atoms with Crippen molar-refractivity contribution in [1.82, 2.24) is 0 Å². The molecule has 0 fully saturated rings. The fraction of sp³-hybridized carbons (Fsp3) is 0.0769. The molecule has 5 nitrogen and oxygen atoms in total. The monoisotopic (exact) mass is 477 g/mol. The van der Waals surface area contributed by atoms with Crippen LogP contribution in [-0.2, 0) is 10.0 Å². The second-order valence-electron chi connectivity index (χ2n) is 7.23. The number of sulfonamides is 1. The summed E-state index contributed by atoms with van der Waals surface area (Å²) in [6.07, 6.45) is 1.53. The maximum atomic E-state index is 13.1. The molecule has 4 rings (SSSR count). The first kappa shape index (κ1) is 22.8. The molecule has 168 valence electrons. The van der Waals surface area contributed by atoms with Crippen LogP contribution in [0.3, 0.4) is 0 Å². The van der Waals surface area contributed by atoms with Crippen molar-refractivity contribution < 1.29 is 18.3 Å². The van der Waals surface area contributed by atoms with Gasteiger partial charge >= 0.3 is 0 Å². The number of phenols is 1. The summed E-state index contributed by atoms with van der Waals surface area (Å²) in [4.78, 5) is 0. The van der Waals surface area contributed by atoms with E-state index in [2.05, 4.69) is 11.3 Å². The second-order valence-corrected chi connectivity index (χ2v) is 10.1. The summed E-state index contributed by atoms with van der Waals surface area (Å²) in [5.41, 5.74) is 1.54. The Kier molecular flexibility index (Phi) is 6.35. The predicted molar refractivity (Wildman–Crippen MR) is 139 cm³/mol. The van der Waals surface area contributed by atoms with E-state index >= 15 is 0 Å². The van der Waals surface area contributed by atoms with Crippen LogP contribution in [-0.4, -0.2) is 20.6 Å². The quantitative estimate of drug-likeness (QED) is 0.304. The number of thioether (sulfide) groups is 1. The molecule has 4 aromatic rings. The number of aromatic hydroxyl groups is 1. The molecule has 0 saturated heterocycles. The van der Waals surface area contributed by atoms with Crippen molar-refractivity contribution in [3.63, 3.8) is 0 Å². The van der Waals surface area contributed by atoms with E-state index in [1.165, 1.54) is 11.5 Å². The Morgan fingerprint density at radius 3 is 2.36 bits per heavy atom. The van der Waals surface area contributed by atoms with Crippen molar-refractivity contribution in [2.75, 3.05) is 11.8 Å². The standard InChI is InChI=1S/C26H23NO4S2/c1-4-24(32-5-2)33(29,30)27-22-16-21(26(31-3)20-13-9-8-12-19(20)22)25-18-11-7-6-10-17(18)14-15-23(25)28/h4-16,27-28H,2H2,1,3H3. The van der Waals surface area contributed by atoms with E-state index in [0.717, 1.165) is 27.9 Å². The Labute approximate surface area is 197 Å². The third-order valence-electron chi connectivity index (χ3n) is 5.32. The molecule has 0 atom stereocenters. The van der Waals surface area contributed by atoms with Crippen molar-refractivity contribution >= 4 is 49.0 Å². The van der Waals surface area contributed by atoms with Crippen LogP contribution in [0, 0.1) is 0 Å². The highest BCUT2D eigenvalue weighted by Gasteiger charge is 2.23. The fourth-order valence-electron chi connectivity index (χ4n) is 3.95. The number of hydrogen-bond donors (Lipinski definition) is 2. The molecule has 0 aliphatic carbocycles. The van der Waals surface area contributed by atoms with E-state index in [4.69, 9.17) is 4.74 Å². The number of benzene rings is 4. The highest BCUT2D eigenvalue weighted by Crippen LogP contribution is 2.46. The van der Waals surface area contributed by atoms with Crippen LogP contribution in [0.2, 0.25) is 0 Å². The molecule has 33 heavy (non-hydrogen) atoms. The molecule has 0 radical (unpaired) electrons. The summed E-state index contributed by atoms with van der Waals surface area (Å²) in [6.45, 7) is 5.28. The number of phenolic OH excluding ortho intramolecular Hbond substituents is 1. The molecular formula is C26H23NO4S2. The summed E-state index contributed by atoms with van der Waals surface area (Å²) < 4.78 is 34.9. The van der Waals surface area contributed by atoms with Gasteiger partial charge in [-0.3, -0.25) is 4.72 Å². The number of nitrogens with one attached hydrogen (secondary N) is 1. The lowest BCUT2D eigenvalue weighted by atomic mass is 9.93. The normalized spacial score (nSPS) is 12.1. The van der Waals surface area contributed by atoms with E-state index in [1.807, 2.05) is 54.6 Å². The van der Waals surface area contributed by atoms with Gasteiger partial charge in [-0.2, -0.15) is 0 Å². The topological polar surface area (TPSA) is 75.6 Å². The van der Waals surface area contributed by atoms with Gasteiger partial charge in [0.25, 0.3) is 10.0 Å². The summed E-state index contributed by atoms with van der Waals surface area (Å²) in [7, 11) is -2.29. The zero-order valence-corrected chi connectivity index (χ0v) is 19.8. The maximum Gasteiger partial charge on any atom is 0.267 e. The van der Waals surface area contributed by atoms with Gasteiger partial charge in [-0.05, 0) is 35.2 Å². The molecule has 0 aliphatic rings. The minimum absolute atomic E-state index is 0.0763. The van der Waals surface area contributed by atoms with Gasteiger partial charge in [0, 0.05) is 21.9 Å². The van der Waals surface area contributed by atoms with Gasteiger partial charge in [-0.25, -0.2) is 8.42 Å². The largest absolute Gasteiger partial charge is 0.507 e. The average Bonchev–Trinajstić information content (AvgIpc) is 2.82. The zero-order chi connectivity index (χ0) is 23.6. The molecular weight excluding hydrogens is 454 g/mol. The maximum absolute atomic E-state index is 13.1. The molecule has 0 aromatic heterocycles. The third kappa shape index (κ3) is 4.17. The van der Waals surface area contributed by atoms with Crippen molar-refractivity contribution in [1.29, 1.82) is 0 Å². The van der Waals surface area contributed by atoms with Gasteiger partial charge in [0.05, 0.1) is 12.8 Å². The van der Waals surface area contributed by atoms with Crippen LogP contribution in [0.1, 0.15) is 6.92 Å². The molecule has 0 unspecified atom stereocenters. The number of allylic oxidation sites excluding steroid dienone is 1. The molecule has 2 N–H and O–H groups in total. The van der Waals surface area contributed by atoms with Crippen LogP contribution >= 0.6 is 11.8 Å². The smallest absolute Gasteiger partial charge is 0.267 e. The van der Waals surface area contributed by atoms with Gasteiger partial charge < -0.3 is 9.84 Å². The summed E-state index contributed by atoms with van der Waals surface area (Å²) in [5.74, 6) is 0.624. The number of rotatable bonds is 7. The Bertz CT molecular complexity index is 1510. The van der Waals surface area contributed by atoms with Crippen molar-refractivity contribution in [3.8, 4) is 22.6 Å². The first-order chi connectivity index (χ1) is 15.9. The zero-order valence-electron chi connectivity index (χ0n) is 18.2. The van der Waals surface area contributed by atoms with Gasteiger partial charge in [0.15, 0.2) is 0 Å². The SMILES string of the molecule is C=CSC(=CC)S(=O)(=O)Nc1cc(-c2c(O)ccc3ccccc23)c(OC)c2ccccc12. The number of hydrogen-bond acceptors (Lipinski definition) is 5. The van der Waals surface area contributed by atoms with Crippen LogP contribution in [0.4, 0.5) is 5.69 Å². The van der Waals surface area contributed by atoms with E-state index in [-0.39, 0.29) is 9.99 Å². The Hall–Kier alpha value is -3.42. The van der Waals surface area contributed by atoms with Crippen LogP contribution < -0.4 is 9.46 Å².